The number of rotatable bonds is 5. The van der Waals surface area contributed by atoms with E-state index in [0.717, 1.165) is 24.6 Å². The predicted molar refractivity (Wildman–Crippen MR) is 114 cm³/mol. The quantitative estimate of drug-likeness (QED) is 0.707. The molecule has 1 N–H and O–H groups in total. The molecule has 1 aromatic carbocycles. The third kappa shape index (κ3) is 5.40. The number of hydrogen-bond donors (Lipinski definition) is 1. The van der Waals surface area contributed by atoms with Crippen LogP contribution in [-0.2, 0) is 9.59 Å². The summed E-state index contributed by atoms with van der Waals surface area (Å²) in [7, 11) is 0. The van der Waals surface area contributed by atoms with Crippen LogP contribution in [0.1, 0.15) is 25.3 Å². The zero-order chi connectivity index (χ0) is 21.8. The Morgan fingerprint density at radius 3 is 2.68 bits per heavy atom. The summed E-state index contributed by atoms with van der Waals surface area (Å²) in [6.45, 7) is 2.90. The van der Waals surface area contributed by atoms with Gasteiger partial charge in [-0.2, -0.15) is 0 Å². The molecule has 3 heterocycles. The summed E-state index contributed by atoms with van der Waals surface area (Å²) in [6, 6.07) is 8.70. The Labute approximate surface area is 182 Å². The minimum absolute atomic E-state index is 0.0222. The summed E-state index contributed by atoms with van der Waals surface area (Å²) >= 11 is 0.860. The molecule has 0 saturated carbocycles. The Bertz CT molecular complexity index is 1050. The minimum atomic E-state index is -0.409. The van der Waals surface area contributed by atoms with Crippen molar-refractivity contribution in [3.63, 3.8) is 0 Å². The Morgan fingerprint density at radius 2 is 1.97 bits per heavy atom. The summed E-state index contributed by atoms with van der Waals surface area (Å²) in [5, 5.41) is 1.84. The molecule has 10 heteroatoms. The number of hydrogen-bond acceptors (Lipinski definition) is 8. The lowest BCUT2D eigenvalue weighted by atomic mass is 10.1. The van der Waals surface area contributed by atoms with E-state index in [1.165, 1.54) is 6.33 Å². The number of likely N-dealkylation sites (tertiary alicyclic amines) is 1. The van der Waals surface area contributed by atoms with Gasteiger partial charge in [0.15, 0.2) is 0 Å². The van der Waals surface area contributed by atoms with Gasteiger partial charge in [-0.1, -0.05) is 12.1 Å². The molecule has 0 radical (unpaired) electrons. The van der Waals surface area contributed by atoms with E-state index in [9.17, 15) is 14.4 Å². The van der Waals surface area contributed by atoms with Gasteiger partial charge in [-0.25, -0.2) is 9.97 Å². The molecule has 4 rings (SSSR count). The highest BCUT2D eigenvalue weighted by Crippen LogP contribution is 2.28. The lowest BCUT2D eigenvalue weighted by molar-refractivity contribution is -0.130. The Kier molecular flexibility index (Phi) is 6.17. The summed E-state index contributed by atoms with van der Waals surface area (Å²) in [6.07, 6.45) is 4.45. The van der Waals surface area contributed by atoms with Gasteiger partial charge in [-0.05, 0) is 35.5 Å². The second-order valence-electron chi connectivity index (χ2n) is 7.04. The number of carbonyl (C=O) groups is 3. The molecule has 0 bridgehead atoms. The smallest absolute Gasteiger partial charge is 0.290 e. The number of benzene rings is 1. The van der Waals surface area contributed by atoms with Crippen LogP contribution >= 0.6 is 11.8 Å². The maximum atomic E-state index is 11.7. The molecule has 2 saturated heterocycles. The summed E-state index contributed by atoms with van der Waals surface area (Å²) < 4.78 is 11.8. The molecule has 1 aromatic heterocycles. The third-order valence-corrected chi connectivity index (χ3v) is 5.62. The molecule has 2 aliphatic heterocycles. The van der Waals surface area contributed by atoms with E-state index in [1.807, 2.05) is 0 Å². The van der Waals surface area contributed by atoms with Crippen LogP contribution in [0.4, 0.5) is 4.79 Å². The van der Waals surface area contributed by atoms with E-state index >= 15 is 0 Å². The van der Waals surface area contributed by atoms with Gasteiger partial charge in [0.25, 0.3) is 11.1 Å². The molecule has 0 unspecified atom stereocenters. The molecule has 0 atom stereocenters. The number of nitrogens with zero attached hydrogens (tertiary/aromatic N) is 3. The van der Waals surface area contributed by atoms with Crippen LogP contribution in [-0.4, -0.2) is 51.1 Å². The van der Waals surface area contributed by atoms with Crippen LogP contribution in [0.25, 0.3) is 6.08 Å². The fraction of sp³-hybridized carbons (Fsp3) is 0.286. The first-order valence-electron chi connectivity index (χ1n) is 9.73. The average molecular weight is 440 g/mol. The normalized spacial score (nSPS) is 18.2. The van der Waals surface area contributed by atoms with Crippen molar-refractivity contribution in [3.8, 4) is 17.5 Å². The van der Waals surface area contributed by atoms with Crippen LogP contribution in [0.3, 0.4) is 0 Å². The molecule has 0 aliphatic carbocycles. The van der Waals surface area contributed by atoms with Crippen LogP contribution < -0.4 is 14.8 Å². The average Bonchev–Trinajstić information content (AvgIpc) is 3.05. The first-order chi connectivity index (χ1) is 15.0. The topological polar surface area (TPSA) is 111 Å². The highest BCUT2D eigenvalue weighted by Gasteiger charge is 2.25. The molecule has 3 amide bonds. The van der Waals surface area contributed by atoms with Gasteiger partial charge in [0, 0.05) is 32.9 Å². The van der Waals surface area contributed by atoms with Gasteiger partial charge in [-0.15, -0.1) is 0 Å². The maximum absolute atomic E-state index is 11.7. The first-order valence-corrected chi connectivity index (χ1v) is 10.5. The third-order valence-electron chi connectivity index (χ3n) is 4.81. The van der Waals surface area contributed by atoms with Crippen LogP contribution in [0.5, 0.6) is 17.5 Å². The van der Waals surface area contributed by atoms with Crippen molar-refractivity contribution < 1.29 is 23.9 Å². The van der Waals surface area contributed by atoms with Gasteiger partial charge in [0.1, 0.15) is 18.2 Å². The van der Waals surface area contributed by atoms with Crippen molar-refractivity contribution in [2.75, 3.05) is 13.1 Å². The minimum Gasteiger partial charge on any atom is -0.474 e. The fourth-order valence-electron chi connectivity index (χ4n) is 3.26. The molecule has 9 nitrogen and oxygen atoms in total. The molecule has 2 fully saturated rings. The highest BCUT2D eigenvalue weighted by molar-refractivity contribution is 8.18. The lowest BCUT2D eigenvalue weighted by Crippen LogP contribution is -2.40. The molecule has 31 heavy (non-hydrogen) atoms. The second-order valence-corrected chi connectivity index (χ2v) is 8.06. The van der Waals surface area contributed by atoms with Crippen molar-refractivity contribution in [1.82, 2.24) is 20.2 Å². The molecular formula is C21H20N4O5S. The summed E-state index contributed by atoms with van der Waals surface area (Å²) in [5.41, 5.74) is 0.715. The Hall–Kier alpha value is -3.40. The standard InChI is InChI=1S/C21H20N4O5S/c1-13(26)25-7-5-15(6-8-25)29-18-11-19(23-12-22-18)30-16-4-2-3-14(9-16)10-17-20(27)24-21(28)31-17/h2-4,9-12,15H,5-8H2,1H3,(H,24,27,28)/b17-10+. The van der Waals surface area contributed by atoms with Gasteiger partial charge >= 0.3 is 0 Å². The summed E-state index contributed by atoms with van der Waals surface area (Å²) in [5.74, 6) is 0.908. The predicted octanol–water partition coefficient (Wildman–Crippen LogP) is 2.98. The van der Waals surface area contributed by atoms with Crippen molar-refractivity contribution in [2.45, 2.75) is 25.9 Å². The number of carbonyl (C=O) groups excluding carboxylic acids is 3. The number of piperidine rings is 1. The Balaban J connectivity index is 1.40. The van der Waals surface area contributed by atoms with Gasteiger partial charge in [0.2, 0.25) is 17.7 Å². The zero-order valence-electron chi connectivity index (χ0n) is 16.7. The van der Waals surface area contributed by atoms with Crippen molar-refractivity contribution >= 4 is 34.9 Å². The Morgan fingerprint density at radius 1 is 1.19 bits per heavy atom. The maximum Gasteiger partial charge on any atom is 0.290 e. The molecule has 0 spiro atoms. The van der Waals surface area contributed by atoms with Gasteiger partial charge < -0.3 is 14.4 Å². The van der Waals surface area contributed by atoms with E-state index < -0.39 is 5.91 Å². The molecular weight excluding hydrogens is 420 g/mol. The van der Waals surface area contributed by atoms with Crippen molar-refractivity contribution in [3.05, 3.63) is 47.1 Å². The summed E-state index contributed by atoms with van der Waals surface area (Å²) in [4.78, 5) is 44.9. The van der Waals surface area contributed by atoms with Crippen LogP contribution in [0, 0.1) is 0 Å². The van der Waals surface area contributed by atoms with E-state index in [2.05, 4.69) is 15.3 Å². The van der Waals surface area contributed by atoms with E-state index in [4.69, 9.17) is 9.47 Å². The first kappa shape index (κ1) is 20.9. The number of imide groups is 1. The van der Waals surface area contributed by atoms with Gasteiger partial charge in [0.05, 0.1) is 11.0 Å². The van der Waals surface area contributed by atoms with Gasteiger partial charge in [-0.3, -0.25) is 19.7 Å². The second kappa shape index (κ2) is 9.17. The van der Waals surface area contributed by atoms with Crippen molar-refractivity contribution in [2.24, 2.45) is 0 Å². The molecule has 160 valence electrons. The highest BCUT2D eigenvalue weighted by atomic mass is 32.2. The molecule has 2 aliphatic rings. The number of ether oxygens (including phenoxy) is 2. The van der Waals surface area contributed by atoms with E-state index in [-0.39, 0.29) is 17.3 Å². The van der Waals surface area contributed by atoms with Crippen LogP contribution in [0.2, 0.25) is 0 Å². The fourth-order valence-corrected chi connectivity index (χ4v) is 3.95. The van der Waals surface area contributed by atoms with E-state index in [1.54, 1.807) is 48.2 Å². The number of amides is 3. The zero-order valence-corrected chi connectivity index (χ0v) is 17.6. The number of nitrogens with one attached hydrogen (secondary N) is 1. The SMILES string of the molecule is CC(=O)N1CCC(Oc2cc(Oc3cccc(/C=C4/SC(=O)NC4=O)c3)ncn2)CC1. The van der Waals surface area contributed by atoms with Crippen LogP contribution in [0.15, 0.2) is 41.6 Å². The lowest BCUT2D eigenvalue weighted by Gasteiger charge is -2.31. The number of aromatic nitrogens is 2. The van der Waals surface area contributed by atoms with Crippen molar-refractivity contribution in [1.29, 1.82) is 0 Å². The monoisotopic (exact) mass is 440 g/mol. The van der Waals surface area contributed by atoms with E-state index in [0.29, 0.717) is 41.1 Å². The molecule has 2 aromatic rings. The largest absolute Gasteiger partial charge is 0.474 e. The number of thioether (sulfide) groups is 1.